The Kier molecular flexibility index (Phi) is 7.33. The summed E-state index contributed by atoms with van der Waals surface area (Å²) in [5.41, 5.74) is 15.7. The maximum Gasteiger partial charge on any atom is 0.211 e. The molecule has 64 heavy (non-hydrogen) atoms. The molecular weight excluding hydrogens is 781 g/mol. The Labute approximate surface area is 367 Å². The number of pyridine rings is 1. The molecule has 0 saturated carbocycles. The lowest BCUT2D eigenvalue weighted by molar-refractivity contribution is -0.594. The molecule has 0 amide bonds. The number of hydrogen-bond acceptors (Lipinski definition) is 1. The lowest BCUT2D eigenvalue weighted by Crippen LogP contribution is -2.29. The third-order valence-corrected chi connectivity index (χ3v) is 13.3. The molecule has 0 fully saturated rings. The van der Waals surface area contributed by atoms with Crippen LogP contribution in [0.4, 0.5) is 0 Å². The molecule has 298 valence electrons. The van der Waals surface area contributed by atoms with E-state index in [0.29, 0.717) is 0 Å². The van der Waals surface area contributed by atoms with Gasteiger partial charge in [-0.25, -0.2) is 0 Å². The van der Waals surface area contributed by atoms with Crippen molar-refractivity contribution in [3.63, 3.8) is 0 Å². The predicted octanol–water partition coefficient (Wildman–Crippen LogP) is 14.8. The van der Waals surface area contributed by atoms with Crippen molar-refractivity contribution in [3.05, 3.63) is 225 Å². The molecule has 0 saturated heterocycles. The van der Waals surface area contributed by atoms with Gasteiger partial charge in [-0.3, -0.25) is 0 Å². The molecule has 0 aliphatic carbocycles. The average Bonchev–Trinajstić information content (AvgIpc) is 4.10. The van der Waals surface area contributed by atoms with Gasteiger partial charge in [0.15, 0.2) is 12.4 Å². The van der Waals surface area contributed by atoms with Crippen molar-refractivity contribution < 1.29 is 8.98 Å². The van der Waals surface area contributed by atoms with E-state index in [1.165, 1.54) is 65.5 Å². The number of hydrogen-bond donors (Lipinski definition) is 0. The number of furan rings is 1. The van der Waals surface area contributed by atoms with Crippen LogP contribution in [-0.4, -0.2) is 13.7 Å². The molecule has 14 aromatic rings. The summed E-state index contributed by atoms with van der Waals surface area (Å²) in [5, 5.41) is 9.50. The minimum absolute atomic E-state index is 0.870. The zero-order valence-corrected chi connectivity index (χ0v) is 34.6. The molecule has 5 nitrogen and oxygen atoms in total. The van der Waals surface area contributed by atoms with Gasteiger partial charge in [0.25, 0.3) is 0 Å². The van der Waals surface area contributed by atoms with Crippen LogP contribution in [0.3, 0.4) is 0 Å². The van der Waals surface area contributed by atoms with E-state index in [0.717, 1.165) is 55.7 Å². The van der Waals surface area contributed by atoms with Crippen molar-refractivity contribution in [1.82, 2.24) is 13.7 Å². The Hall–Kier alpha value is -8.67. The maximum atomic E-state index is 6.54. The molecule has 0 unspecified atom stereocenters. The highest BCUT2D eigenvalue weighted by atomic mass is 16.3. The first kappa shape index (κ1) is 35.0. The van der Waals surface area contributed by atoms with Crippen LogP contribution in [0, 0.1) is 0 Å². The van der Waals surface area contributed by atoms with Gasteiger partial charge < -0.3 is 18.1 Å². The zero-order valence-electron chi connectivity index (χ0n) is 34.6. The average molecular weight is 818 g/mol. The molecular formula is C59H37N4O+. The second-order valence-corrected chi connectivity index (χ2v) is 16.8. The summed E-state index contributed by atoms with van der Waals surface area (Å²) in [7, 11) is 0. The van der Waals surface area contributed by atoms with Gasteiger partial charge in [0.1, 0.15) is 11.2 Å². The molecule has 0 spiro atoms. The first-order valence-electron chi connectivity index (χ1n) is 21.8. The summed E-state index contributed by atoms with van der Waals surface area (Å²) in [4.78, 5) is 0. The van der Waals surface area contributed by atoms with Crippen molar-refractivity contribution in [2.75, 3.05) is 0 Å². The van der Waals surface area contributed by atoms with Gasteiger partial charge in [-0.05, 0) is 96.1 Å². The maximum absolute atomic E-state index is 6.54. The van der Waals surface area contributed by atoms with E-state index >= 15 is 0 Å². The third-order valence-electron chi connectivity index (χ3n) is 13.3. The molecule has 0 bridgehead atoms. The van der Waals surface area contributed by atoms with E-state index in [4.69, 9.17) is 4.42 Å². The summed E-state index contributed by atoms with van der Waals surface area (Å²) in [6, 6.07) is 76.6. The molecule has 0 aliphatic heterocycles. The minimum atomic E-state index is 0.870. The van der Waals surface area contributed by atoms with Gasteiger partial charge in [-0.1, -0.05) is 109 Å². The fraction of sp³-hybridized carbons (Fsp3) is 0. The van der Waals surface area contributed by atoms with Gasteiger partial charge in [0.2, 0.25) is 5.69 Å². The normalized spacial score (nSPS) is 12.1. The molecule has 0 atom stereocenters. The first-order chi connectivity index (χ1) is 31.7. The second kappa shape index (κ2) is 13.4. The number of rotatable bonds is 5. The van der Waals surface area contributed by atoms with Crippen molar-refractivity contribution in [2.24, 2.45) is 0 Å². The summed E-state index contributed by atoms with van der Waals surface area (Å²) < 4.78 is 15.9. The van der Waals surface area contributed by atoms with Crippen LogP contribution < -0.4 is 4.57 Å². The van der Waals surface area contributed by atoms with Crippen LogP contribution in [0.2, 0.25) is 0 Å². The van der Waals surface area contributed by atoms with Gasteiger partial charge >= 0.3 is 0 Å². The highest BCUT2D eigenvalue weighted by molar-refractivity contribution is 6.13. The molecule has 5 heteroatoms. The lowest BCUT2D eigenvalue weighted by atomic mass is 10.0. The van der Waals surface area contributed by atoms with Crippen molar-refractivity contribution in [3.8, 4) is 33.9 Å². The molecule has 0 radical (unpaired) electrons. The van der Waals surface area contributed by atoms with Crippen LogP contribution in [-0.2, 0) is 0 Å². The van der Waals surface area contributed by atoms with E-state index < -0.39 is 0 Å². The molecule has 9 aromatic carbocycles. The largest absolute Gasteiger partial charge is 0.456 e. The van der Waals surface area contributed by atoms with Crippen molar-refractivity contribution in [1.29, 1.82) is 0 Å². The summed E-state index contributed by atoms with van der Waals surface area (Å²) >= 11 is 0. The quantitative estimate of drug-likeness (QED) is 0.159. The lowest BCUT2D eigenvalue weighted by Gasteiger charge is -2.09. The van der Waals surface area contributed by atoms with Crippen molar-refractivity contribution in [2.45, 2.75) is 0 Å². The molecule has 0 aliphatic rings. The van der Waals surface area contributed by atoms with Gasteiger partial charge in [0, 0.05) is 73.0 Å². The third kappa shape index (κ3) is 5.09. The van der Waals surface area contributed by atoms with E-state index in [-0.39, 0.29) is 0 Å². The van der Waals surface area contributed by atoms with E-state index in [2.05, 4.69) is 243 Å². The first-order valence-corrected chi connectivity index (χ1v) is 21.8. The monoisotopic (exact) mass is 817 g/mol. The highest BCUT2D eigenvalue weighted by Gasteiger charge is 2.21. The summed E-state index contributed by atoms with van der Waals surface area (Å²) in [5.74, 6) is 0. The molecule has 14 rings (SSSR count). The predicted molar refractivity (Wildman–Crippen MR) is 264 cm³/mol. The fourth-order valence-electron chi connectivity index (χ4n) is 10.4. The number of aromatic nitrogens is 4. The van der Waals surface area contributed by atoms with Gasteiger partial charge in [0.05, 0.1) is 38.5 Å². The second-order valence-electron chi connectivity index (χ2n) is 16.8. The Morgan fingerprint density at radius 3 is 1.41 bits per heavy atom. The van der Waals surface area contributed by atoms with E-state index in [1.807, 2.05) is 0 Å². The SMILES string of the molecule is c1ccc(-c2ccc3c(c2)c2ccccc2n3-c2ccc3oc4ccc(-n5c6ccccc6c6cc(-[n+]7ccc8c(c7)c7ccccc7n8-c7ccccc7)ccc65)cc4c3c2)cc1. The van der Waals surface area contributed by atoms with E-state index in [1.54, 1.807) is 0 Å². The Morgan fingerprint density at radius 1 is 0.297 bits per heavy atom. The topological polar surface area (TPSA) is 31.8 Å². The van der Waals surface area contributed by atoms with Gasteiger partial charge in [-0.2, -0.15) is 4.57 Å². The molecule has 0 N–H and O–H groups in total. The van der Waals surface area contributed by atoms with Crippen LogP contribution in [0.25, 0.3) is 121 Å². The number of nitrogens with zero attached hydrogens (tertiary/aromatic N) is 4. The summed E-state index contributed by atoms with van der Waals surface area (Å²) in [6.07, 6.45) is 4.47. The standard InChI is InChI=1S/C59H37N4O/c1-3-13-38(14-4-1)39-23-27-55-47(33-39)44-17-7-10-20-52(44)62(55)42-25-29-58-49(35-42)50-36-43(26-30-59(50)64-58)63-53-21-11-8-18-45(53)48-34-41(24-28-56(48)63)60-32-31-57-51(37-60)46-19-9-12-22-54(46)61(57)40-15-5-2-6-16-40/h1-37H/q+1. The minimum Gasteiger partial charge on any atom is -0.456 e. The van der Waals surface area contributed by atoms with Crippen LogP contribution >= 0.6 is 0 Å². The zero-order chi connectivity index (χ0) is 41.9. The summed E-state index contributed by atoms with van der Waals surface area (Å²) in [6.45, 7) is 0. The van der Waals surface area contributed by atoms with Crippen LogP contribution in [0.5, 0.6) is 0 Å². The van der Waals surface area contributed by atoms with Crippen molar-refractivity contribution >= 4 is 87.4 Å². The highest BCUT2D eigenvalue weighted by Crippen LogP contribution is 2.40. The van der Waals surface area contributed by atoms with Crippen LogP contribution in [0.15, 0.2) is 229 Å². The number of para-hydroxylation sites is 4. The Morgan fingerprint density at radius 2 is 0.781 bits per heavy atom. The number of fused-ring (bicyclic) bond motifs is 12. The smallest absolute Gasteiger partial charge is 0.211 e. The molecule has 5 aromatic heterocycles. The number of benzene rings is 9. The Bertz CT molecular complexity index is 4190. The Balaban J connectivity index is 0.907. The van der Waals surface area contributed by atoms with Gasteiger partial charge in [-0.15, -0.1) is 0 Å². The fourth-order valence-corrected chi connectivity index (χ4v) is 10.4. The van der Waals surface area contributed by atoms with E-state index in [9.17, 15) is 0 Å². The molecule has 5 heterocycles. The van der Waals surface area contributed by atoms with Crippen LogP contribution in [0.1, 0.15) is 0 Å².